The zero-order valence-corrected chi connectivity index (χ0v) is 18.4. The molecule has 3 aliphatic rings. The van der Waals surface area contributed by atoms with Crippen LogP contribution in [0.15, 0.2) is 41.3 Å². The number of pyridine rings is 1. The Morgan fingerprint density at radius 1 is 1.03 bits per heavy atom. The average molecular weight is 435 g/mol. The highest BCUT2D eigenvalue weighted by atomic mass is 16.2. The molecule has 0 bridgehead atoms. The van der Waals surface area contributed by atoms with E-state index in [1.54, 1.807) is 4.57 Å². The summed E-state index contributed by atoms with van der Waals surface area (Å²) in [5, 5.41) is 0. The van der Waals surface area contributed by atoms with Crippen LogP contribution >= 0.6 is 0 Å². The Balaban J connectivity index is 1.44. The summed E-state index contributed by atoms with van der Waals surface area (Å²) in [7, 11) is 0. The zero-order valence-electron chi connectivity index (χ0n) is 18.4. The molecular formula is C25H30N4O3. The third kappa shape index (κ3) is 3.45. The SMILES string of the molecule is NC(=O)c1c2c(cn(CCc3ccccc3)c1=O)CN(C(=O)C13CCCN1CCC3)CC2. The van der Waals surface area contributed by atoms with Gasteiger partial charge < -0.3 is 15.2 Å². The van der Waals surface area contributed by atoms with Crippen LogP contribution in [-0.2, 0) is 30.7 Å². The molecule has 2 N–H and O–H groups in total. The molecule has 4 heterocycles. The minimum Gasteiger partial charge on any atom is -0.365 e. The summed E-state index contributed by atoms with van der Waals surface area (Å²) in [4.78, 5) is 43.2. The second-order valence-corrected chi connectivity index (χ2v) is 9.31. The van der Waals surface area contributed by atoms with Crippen LogP contribution in [0.1, 0.15) is 52.7 Å². The normalized spacial score (nSPS) is 19.6. The standard InChI is InChI=1S/C25H30N4O3/c26-22(30)21-20-9-15-28(24(32)25-10-4-12-29(25)13-5-11-25)17-19(20)16-27(23(21)31)14-8-18-6-2-1-3-7-18/h1-3,6-7,16H,4-5,8-15,17H2,(H2,26,30). The van der Waals surface area contributed by atoms with Crippen LogP contribution in [0, 0.1) is 0 Å². The van der Waals surface area contributed by atoms with Gasteiger partial charge in [0.2, 0.25) is 5.91 Å². The molecular weight excluding hydrogens is 404 g/mol. The predicted molar refractivity (Wildman–Crippen MR) is 121 cm³/mol. The molecule has 1 aromatic carbocycles. The van der Waals surface area contributed by atoms with Crippen molar-refractivity contribution in [3.05, 3.63) is 69.1 Å². The molecule has 2 amide bonds. The van der Waals surface area contributed by atoms with Gasteiger partial charge in [-0.3, -0.25) is 19.3 Å². The molecule has 0 aliphatic carbocycles. The van der Waals surface area contributed by atoms with Gasteiger partial charge in [0, 0.05) is 25.8 Å². The number of nitrogens with two attached hydrogens (primary N) is 1. The zero-order chi connectivity index (χ0) is 22.3. The molecule has 2 saturated heterocycles. The number of amides is 2. The third-order valence-electron chi connectivity index (χ3n) is 7.53. The quantitative estimate of drug-likeness (QED) is 0.776. The van der Waals surface area contributed by atoms with E-state index in [-0.39, 0.29) is 22.6 Å². The minimum absolute atomic E-state index is 0.0872. The number of rotatable bonds is 5. The van der Waals surface area contributed by atoms with E-state index in [2.05, 4.69) is 4.90 Å². The second kappa shape index (κ2) is 8.20. The van der Waals surface area contributed by atoms with Crippen molar-refractivity contribution < 1.29 is 9.59 Å². The molecule has 1 aromatic heterocycles. The van der Waals surface area contributed by atoms with E-state index < -0.39 is 5.91 Å². The van der Waals surface area contributed by atoms with Crippen LogP contribution < -0.4 is 11.3 Å². The van der Waals surface area contributed by atoms with Gasteiger partial charge in [0.15, 0.2) is 0 Å². The van der Waals surface area contributed by atoms with Gasteiger partial charge in [-0.1, -0.05) is 30.3 Å². The van der Waals surface area contributed by atoms with Crippen LogP contribution in [0.5, 0.6) is 0 Å². The maximum absolute atomic E-state index is 13.6. The van der Waals surface area contributed by atoms with Crippen molar-refractivity contribution >= 4 is 11.8 Å². The largest absolute Gasteiger partial charge is 0.365 e. The topological polar surface area (TPSA) is 88.6 Å². The third-order valence-corrected chi connectivity index (χ3v) is 7.53. The fourth-order valence-electron chi connectivity index (χ4n) is 5.95. The number of carbonyl (C=O) groups is 2. The molecule has 5 rings (SSSR count). The Hall–Kier alpha value is -2.93. The lowest BCUT2D eigenvalue weighted by Crippen LogP contribution is -2.54. The number of hydrogen-bond acceptors (Lipinski definition) is 4. The number of aryl methyl sites for hydroxylation is 2. The fraction of sp³-hybridized carbons (Fsp3) is 0.480. The summed E-state index contributed by atoms with van der Waals surface area (Å²) in [5.41, 5.74) is 7.76. The molecule has 0 atom stereocenters. The number of fused-ring (bicyclic) bond motifs is 2. The van der Waals surface area contributed by atoms with Crippen molar-refractivity contribution in [1.82, 2.24) is 14.4 Å². The van der Waals surface area contributed by atoms with Crippen LogP contribution in [0.25, 0.3) is 0 Å². The summed E-state index contributed by atoms with van der Waals surface area (Å²) in [6.07, 6.45) is 7.01. The Morgan fingerprint density at radius 3 is 2.44 bits per heavy atom. The Morgan fingerprint density at radius 2 is 1.75 bits per heavy atom. The first-order valence-electron chi connectivity index (χ1n) is 11.6. The highest BCUT2D eigenvalue weighted by Gasteiger charge is 2.51. The monoisotopic (exact) mass is 434 g/mol. The van der Waals surface area contributed by atoms with Gasteiger partial charge in [-0.15, -0.1) is 0 Å². The minimum atomic E-state index is -0.684. The summed E-state index contributed by atoms with van der Waals surface area (Å²) >= 11 is 0. The molecule has 7 nitrogen and oxygen atoms in total. The maximum atomic E-state index is 13.6. The van der Waals surface area contributed by atoms with Crippen LogP contribution in [0.4, 0.5) is 0 Å². The summed E-state index contributed by atoms with van der Waals surface area (Å²) in [5.74, 6) is -0.475. The Bertz CT molecular complexity index is 1100. The van der Waals surface area contributed by atoms with Crippen molar-refractivity contribution in [3.63, 3.8) is 0 Å². The predicted octanol–water partition coefficient (Wildman–Crippen LogP) is 1.70. The molecule has 32 heavy (non-hydrogen) atoms. The number of carbonyl (C=O) groups excluding carboxylic acids is 2. The maximum Gasteiger partial charge on any atom is 0.263 e. The van der Waals surface area contributed by atoms with E-state index >= 15 is 0 Å². The van der Waals surface area contributed by atoms with Gasteiger partial charge in [-0.25, -0.2) is 0 Å². The highest BCUT2D eigenvalue weighted by molar-refractivity contribution is 5.94. The average Bonchev–Trinajstić information content (AvgIpc) is 3.39. The molecule has 168 valence electrons. The lowest BCUT2D eigenvalue weighted by Gasteiger charge is -2.38. The van der Waals surface area contributed by atoms with Crippen molar-refractivity contribution in [2.45, 2.75) is 57.2 Å². The molecule has 7 heteroatoms. The number of aromatic nitrogens is 1. The molecule has 3 aliphatic heterocycles. The van der Waals surface area contributed by atoms with E-state index in [1.807, 2.05) is 41.4 Å². The smallest absolute Gasteiger partial charge is 0.263 e. The van der Waals surface area contributed by atoms with Gasteiger partial charge in [-0.2, -0.15) is 0 Å². The molecule has 0 spiro atoms. The summed E-state index contributed by atoms with van der Waals surface area (Å²) in [6.45, 7) is 3.41. The molecule has 0 unspecified atom stereocenters. The van der Waals surface area contributed by atoms with Gasteiger partial charge in [0.05, 0.1) is 0 Å². The van der Waals surface area contributed by atoms with Crippen LogP contribution in [0.3, 0.4) is 0 Å². The number of nitrogens with zero attached hydrogens (tertiary/aromatic N) is 3. The van der Waals surface area contributed by atoms with Crippen molar-refractivity contribution in [2.75, 3.05) is 19.6 Å². The van der Waals surface area contributed by atoms with Gasteiger partial charge in [0.25, 0.3) is 11.5 Å². The summed E-state index contributed by atoms with van der Waals surface area (Å²) in [6, 6.07) is 9.94. The van der Waals surface area contributed by atoms with Gasteiger partial charge in [0.1, 0.15) is 11.1 Å². The Labute approximate surface area is 187 Å². The highest BCUT2D eigenvalue weighted by Crippen LogP contribution is 2.41. The van der Waals surface area contributed by atoms with Gasteiger partial charge >= 0.3 is 0 Å². The van der Waals surface area contributed by atoms with Crippen molar-refractivity contribution in [2.24, 2.45) is 5.73 Å². The fourth-order valence-corrected chi connectivity index (χ4v) is 5.95. The lowest BCUT2D eigenvalue weighted by molar-refractivity contribution is -0.142. The van der Waals surface area contributed by atoms with Gasteiger partial charge in [-0.05, 0) is 68.3 Å². The van der Waals surface area contributed by atoms with E-state index in [1.165, 1.54) is 0 Å². The van der Waals surface area contributed by atoms with Crippen molar-refractivity contribution in [1.29, 1.82) is 0 Å². The molecule has 2 aromatic rings. The van der Waals surface area contributed by atoms with E-state index in [0.29, 0.717) is 32.5 Å². The van der Waals surface area contributed by atoms with Crippen LogP contribution in [0.2, 0.25) is 0 Å². The van der Waals surface area contributed by atoms with E-state index in [4.69, 9.17) is 5.73 Å². The van der Waals surface area contributed by atoms with Crippen molar-refractivity contribution in [3.8, 4) is 0 Å². The van der Waals surface area contributed by atoms with E-state index in [0.717, 1.165) is 55.5 Å². The lowest BCUT2D eigenvalue weighted by atomic mass is 9.90. The second-order valence-electron chi connectivity index (χ2n) is 9.31. The number of hydrogen-bond donors (Lipinski definition) is 1. The molecule has 0 saturated carbocycles. The van der Waals surface area contributed by atoms with Crippen LogP contribution in [-0.4, -0.2) is 51.4 Å². The first kappa shape index (κ1) is 20.9. The molecule has 0 radical (unpaired) electrons. The van der Waals surface area contributed by atoms with E-state index in [9.17, 15) is 14.4 Å². The number of benzene rings is 1. The summed E-state index contributed by atoms with van der Waals surface area (Å²) < 4.78 is 1.59. The first-order chi connectivity index (χ1) is 15.5. The number of primary amides is 1. The molecule has 2 fully saturated rings. The Kier molecular flexibility index (Phi) is 5.37. The first-order valence-corrected chi connectivity index (χ1v) is 11.6.